The minimum Gasteiger partial charge on any atom is -0.476 e. The minimum absolute atomic E-state index is 0.171. The van der Waals surface area contributed by atoms with Gasteiger partial charge >= 0.3 is 0 Å². The fourth-order valence-corrected chi connectivity index (χ4v) is 2.55. The number of ether oxygens (including phenoxy) is 1. The Kier molecular flexibility index (Phi) is 4.82. The number of anilines is 2. The lowest BCUT2D eigenvalue weighted by atomic mass is 9.93. The summed E-state index contributed by atoms with van der Waals surface area (Å²) >= 11 is 0. The van der Waals surface area contributed by atoms with Crippen LogP contribution in [0.4, 0.5) is 11.5 Å². The van der Waals surface area contributed by atoms with Crippen LogP contribution in [0.15, 0.2) is 6.33 Å². The van der Waals surface area contributed by atoms with Crippen molar-refractivity contribution in [3.63, 3.8) is 0 Å². The standard InChI is InChI=1S/C14H23N5O2/c1-3-6-21-14-11(15)13(17-8-18-14)19-7-10(12(16)20)5-4-9(19)2/h8-10H,3-7,15H2,1-2H3,(H2,16,20). The first-order chi connectivity index (χ1) is 10.0. The number of rotatable bonds is 5. The highest BCUT2D eigenvalue weighted by Crippen LogP contribution is 2.33. The van der Waals surface area contributed by atoms with Gasteiger partial charge in [0.05, 0.1) is 12.5 Å². The van der Waals surface area contributed by atoms with Gasteiger partial charge in [-0.3, -0.25) is 4.79 Å². The second-order valence-electron chi connectivity index (χ2n) is 5.44. The summed E-state index contributed by atoms with van der Waals surface area (Å²) in [6.45, 7) is 5.19. The number of primary amides is 1. The highest BCUT2D eigenvalue weighted by atomic mass is 16.5. The Balaban J connectivity index is 2.24. The number of carbonyl (C=O) groups is 1. The number of carbonyl (C=O) groups excluding carboxylic acids is 1. The summed E-state index contributed by atoms with van der Waals surface area (Å²) in [4.78, 5) is 21.8. The fourth-order valence-electron chi connectivity index (χ4n) is 2.55. The van der Waals surface area contributed by atoms with Gasteiger partial charge in [-0.2, -0.15) is 4.98 Å². The van der Waals surface area contributed by atoms with Crippen molar-refractivity contribution in [1.82, 2.24) is 9.97 Å². The Hall–Kier alpha value is -2.05. The third-order valence-corrected chi connectivity index (χ3v) is 3.83. The average molecular weight is 293 g/mol. The van der Waals surface area contributed by atoms with Crippen LogP contribution in [-0.4, -0.2) is 35.1 Å². The first kappa shape index (κ1) is 15.3. The van der Waals surface area contributed by atoms with E-state index in [-0.39, 0.29) is 17.9 Å². The van der Waals surface area contributed by atoms with Crippen LogP contribution in [0, 0.1) is 5.92 Å². The number of hydrogen-bond donors (Lipinski definition) is 2. The van der Waals surface area contributed by atoms with Crippen molar-refractivity contribution in [1.29, 1.82) is 0 Å². The topological polar surface area (TPSA) is 107 Å². The maximum absolute atomic E-state index is 11.4. The van der Waals surface area contributed by atoms with Gasteiger partial charge in [-0.05, 0) is 26.2 Å². The molecule has 0 saturated carbocycles. The summed E-state index contributed by atoms with van der Waals surface area (Å²) in [6.07, 6.45) is 4.00. The Morgan fingerprint density at radius 2 is 2.24 bits per heavy atom. The molecule has 7 heteroatoms. The molecule has 2 atom stereocenters. The van der Waals surface area contributed by atoms with E-state index in [0.717, 1.165) is 19.3 Å². The van der Waals surface area contributed by atoms with Crippen molar-refractivity contribution in [2.45, 2.75) is 39.2 Å². The lowest BCUT2D eigenvalue weighted by Gasteiger charge is -2.38. The second kappa shape index (κ2) is 6.60. The maximum Gasteiger partial charge on any atom is 0.242 e. The molecule has 1 aliphatic heterocycles. The minimum atomic E-state index is -0.276. The molecule has 1 aliphatic rings. The molecule has 0 spiro atoms. The summed E-state index contributed by atoms with van der Waals surface area (Å²) in [6, 6.07) is 0.247. The third-order valence-electron chi connectivity index (χ3n) is 3.83. The van der Waals surface area contributed by atoms with Gasteiger partial charge in [-0.1, -0.05) is 6.92 Å². The number of aromatic nitrogens is 2. The zero-order chi connectivity index (χ0) is 15.4. The van der Waals surface area contributed by atoms with Gasteiger partial charge in [-0.25, -0.2) is 4.98 Å². The SMILES string of the molecule is CCCOc1ncnc(N2CC(C(N)=O)CCC2C)c1N. The molecule has 0 aliphatic carbocycles. The fraction of sp³-hybridized carbons (Fsp3) is 0.643. The molecule has 1 fully saturated rings. The van der Waals surface area contributed by atoms with Crippen molar-refractivity contribution >= 4 is 17.4 Å². The first-order valence-corrected chi connectivity index (χ1v) is 7.33. The van der Waals surface area contributed by atoms with E-state index in [1.807, 2.05) is 11.8 Å². The molecule has 21 heavy (non-hydrogen) atoms. The average Bonchev–Trinajstić information content (AvgIpc) is 2.47. The Morgan fingerprint density at radius 3 is 2.90 bits per heavy atom. The van der Waals surface area contributed by atoms with Gasteiger partial charge in [0.25, 0.3) is 0 Å². The number of hydrogen-bond acceptors (Lipinski definition) is 6. The summed E-state index contributed by atoms with van der Waals surface area (Å²) in [5.74, 6) is 0.572. The van der Waals surface area contributed by atoms with Gasteiger partial charge in [0.1, 0.15) is 12.0 Å². The van der Waals surface area contributed by atoms with E-state index in [1.165, 1.54) is 6.33 Å². The molecule has 1 amide bonds. The van der Waals surface area contributed by atoms with Gasteiger partial charge in [0.2, 0.25) is 11.8 Å². The van der Waals surface area contributed by atoms with Crippen molar-refractivity contribution < 1.29 is 9.53 Å². The summed E-state index contributed by atoms with van der Waals surface area (Å²) in [5, 5.41) is 0. The smallest absolute Gasteiger partial charge is 0.242 e. The van der Waals surface area contributed by atoms with E-state index in [9.17, 15) is 4.79 Å². The van der Waals surface area contributed by atoms with Gasteiger partial charge in [0.15, 0.2) is 5.82 Å². The highest BCUT2D eigenvalue weighted by molar-refractivity contribution is 5.78. The molecular weight excluding hydrogens is 270 g/mol. The van der Waals surface area contributed by atoms with Gasteiger partial charge < -0.3 is 21.1 Å². The number of piperidine rings is 1. The van der Waals surface area contributed by atoms with Gasteiger partial charge in [0, 0.05) is 12.6 Å². The monoisotopic (exact) mass is 293 g/mol. The van der Waals surface area contributed by atoms with Crippen molar-refractivity contribution in [2.24, 2.45) is 11.7 Å². The lowest BCUT2D eigenvalue weighted by Crippen LogP contribution is -2.46. The predicted octanol–water partition coefficient (Wildman–Crippen LogP) is 0.938. The van der Waals surface area contributed by atoms with Crippen molar-refractivity contribution in [3.8, 4) is 5.88 Å². The molecule has 1 aromatic rings. The van der Waals surface area contributed by atoms with Crippen LogP contribution < -0.4 is 21.1 Å². The molecule has 4 N–H and O–H groups in total. The molecule has 116 valence electrons. The third kappa shape index (κ3) is 3.34. The normalized spacial score (nSPS) is 22.1. The molecule has 7 nitrogen and oxygen atoms in total. The summed E-state index contributed by atoms with van der Waals surface area (Å²) in [5.41, 5.74) is 12.0. The van der Waals surface area contributed by atoms with E-state index in [0.29, 0.717) is 30.5 Å². The van der Waals surface area contributed by atoms with Crippen LogP contribution in [0.2, 0.25) is 0 Å². The zero-order valence-electron chi connectivity index (χ0n) is 12.6. The molecule has 1 aromatic heterocycles. The quantitative estimate of drug-likeness (QED) is 0.836. The largest absolute Gasteiger partial charge is 0.476 e. The van der Waals surface area contributed by atoms with Crippen LogP contribution in [0.25, 0.3) is 0 Å². The highest BCUT2D eigenvalue weighted by Gasteiger charge is 2.31. The van der Waals surface area contributed by atoms with Crippen LogP contribution in [-0.2, 0) is 4.79 Å². The van der Waals surface area contributed by atoms with Gasteiger partial charge in [-0.15, -0.1) is 0 Å². The molecule has 2 heterocycles. The van der Waals surface area contributed by atoms with E-state index in [1.54, 1.807) is 0 Å². The van der Waals surface area contributed by atoms with Crippen molar-refractivity contribution in [3.05, 3.63) is 6.33 Å². The molecule has 0 radical (unpaired) electrons. The molecule has 2 rings (SSSR count). The van der Waals surface area contributed by atoms with E-state index in [2.05, 4.69) is 16.9 Å². The number of nitrogens with zero attached hydrogens (tertiary/aromatic N) is 3. The number of nitrogen functional groups attached to an aromatic ring is 1. The van der Waals surface area contributed by atoms with Crippen LogP contribution in [0.3, 0.4) is 0 Å². The zero-order valence-corrected chi connectivity index (χ0v) is 12.6. The summed E-state index contributed by atoms with van der Waals surface area (Å²) < 4.78 is 5.53. The summed E-state index contributed by atoms with van der Waals surface area (Å²) in [7, 11) is 0. The Bertz CT molecular complexity index is 508. The second-order valence-corrected chi connectivity index (χ2v) is 5.44. The molecular formula is C14H23N5O2. The Labute approximate surface area is 124 Å². The molecule has 2 unspecified atom stereocenters. The van der Waals surface area contributed by atoms with Crippen LogP contribution in [0.5, 0.6) is 5.88 Å². The maximum atomic E-state index is 11.4. The van der Waals surface area contributed by atoms with Crippen molar-refractivity contribution in [2.75, 3.05) is 23.8 Å². The first-order valence-electron chi connectivity index (χ1n) is 7.33. The van der Waals surface area contributed by atoms with Crippen LogP contribution >= 0.6 is 0 Å². The molecule has 1 saturated heterocycles. The number of amides is 1. The lowest BCUT2D eigenvalue weighted by molar-refractivity contribution is -0.122. The molecule has 0 aromatic carbocycles. The molecule has 0 bridgehead atoms. The van der Waals surface area contributed by atoms with E-state index < -0.39 is 0 Å². The Morgan fingerprint density at radius 1 is 1.48 bits per heavy atom. The number of nitrogens with two attached hydrogens (primary N) is 2. The van der Waals surface area contributed by atoms with E-state index in [4.69, 9.17) is 16.2 Å². The van der Waals surface area contributed by atoms with Crippen LogP contribution in [0.1, 0.15) is 33.1 Å². The van der Waals surface area contributed by atoms with E-state index >= 15 is 0 Å². The predicted molar refractivity (Wildman–Crippen MR) is 81.0 cm³/mol.